The van der Waals surface area contributed by atoms with Crippen LogP contribution < -0.4 is 20.1 Å². The van der Waals surface area contributed by atoms with Gasteiger partial charge in [-0.2, -0.15) is 0 Å². The minimum atomic E-state index is -0.242. The van der Waals surface area contributed by atoms with Crippen LogP contribution in [0.3, 0.4) is 0 Å². The SMILES string of the molecule is COc1ccc(NC(=O)CNc2c(Cl)cccc2Cl)cc1OC. The molecule has 2 rings (SSSR count). The van der Waals surface area contributed by atoms with E-state index in [0.29, 0.717) is 32.9 Å². The molecular formula is C16H16Cl2N2O3. The van der Waals surface area contributed by atoms with Gasteiger partial charge in [0.2, 0.25) is 5.91 Å². The summed E-state index contributed by atoms with van der Waals surface area (Å²) >= 11 is 12.1. The molecule has 0 spiro atoms. The van der Waals surface area contributed by atoms with Crippen LogP contribution in [-0.4, -0.2) is 26.7 Å². The summed E-state index contributed by atoms with van der Waals surface area (Å²) in [6.07, 6.45) is 0. The van der Waals surface area contributed by atoms with E-state index in [1.54, 1.807) is 43.5 Å². The largest absolute Gasteiger partial charge is 0.493 e. The molecule has 7 heteroatoms. The molecule has 2 aromatic carbocycles. The third kappa shape index (κ3) is 4.43. The fourth-order valence-corrected chi connectivity index (χ4v) is 2.49. The van der Waals surface area contributed by atoms with Gasteiger partial charge in [0, 0.05) is 11.8 Å². The predicted octanol–water partition coefficient (Wildman–Crippen LogP) is 4.06. The van der Waals surface area contributed by atoms with Gasteiger partial charge in [-0.25, -0.2) is 0 Å². The minimum Gasteiger partial charge on any atom is -0.493 e. The van der Waals surface area contributed by atoms with Crippen LogP contribution in [0.1, 0.15) is 0 Å². The van der Waals surface area contributed by atoms with Crippen molar-refractivity contribution in [1.82, 2.24) is 0 Å². The number of ether oxygens (including phenoxy) is 2. The van der Waals surface area contributed by atoms with Crippen LogP contribution in [0.4, 0.5) is 11.4 Å². The quantitative estimate of drug-likeness (QED) is 0.820. The first-order chi connectivity index (χ1) is 11.0. The van der Waals surface area contributed by atoms with Crippen molar-refractivity contribution in [2.24, 2.45) is 0 Å². The van der Waals surface area contributed by atoms with E-state index in [9.17, 15) is 4.79 Å². The van der Waals surface area contributed by atoms with E-state index in [0.717, 1.165) is 0 Å². The molecule has 0 heterocycles. The Morgan fingerprint density at radius 2 is 1.70 bits per heavy atom. The van der Waals surface area contributed by atoms with Crippen LogP contribution in [-0.2, 0) is 4.79 Å². The van der Waals surface area contributed by atoms with E-state index in [4.69, 9.17) is 32.7 Å². The Morgan fingerprint density at radius 1 is 1.04 bits per heavy atom. The summed E-state index contributed by atoms with van der Waals surface area (Å²) in [6, 6.07) is 10.2. The molecule has 0 aliphatic carbocycles. The molecule has 122 valence electrons. The van der Waals surface area contributed by atoms with E-state index in [1.807, 2.05) is 0 Å². The summed E-state index contributed by atoms with van der Waals surface area (Å²) < 4.78 is 10.3. The summed E-state index contributed by atoms with van der Waals surface area (Å²) in [4.78, 5) is 12.0. The Labute approximate surface area is 144 Å². The summed E-state index contributed by atoms with van der Waals surface area (Å²) in [5.41, 5.74) is 1.12. The van der Waals surface area contributed by atoms with E-state index < -0.39 is 0 Å². The van der Waals surface area contributed by atoms with Crippen molar-refractivity contribution in [3.8, 4) is 11.5 Å². The lowest BCUT2D eigenvalue weighted by molar-refractivity contribution is -0.114. The number of nitrogens with one attached hydrogen (secondary N) is 2. The Hall–Kier alpha value is -2.11. The maximum absolute atomic E-state index is 12.0. The Balaban J connectivity index is 2.00. The highest BCUT2D eigenvalue weighted by Gasteiger charge is 2.09. The number of methoxy groups -OCH3 is 2. The Bertz CT molecular complexity index is 687. The first kappa shape index (κ1) is 17.2. The van der Waals surface area contributed by atoms with Crippen LogP contribution in [0, 0.1) is 0 Å². The molecule has 1 amide bonds. The van der Waals surface area contributed by atoms with Gasteiger partial charge in [-0.3, -0.25) is 4.79 Å². The lowest BCUT2D eigenvalue weighted by atomic mass is 10.2. The molecule has 0 fully saturated rings. The Morgan fingerprint density at radius 3 is 2.30 bits per heavy atom. The average Bonchev–Trinajstić information content (AvgIpc) is 2.54. The second-order valence-electron chi connectivity index (χ2n) is 4.57. The lowest BCUT2D eigenvalue weighted by Gasteiger charge is -2.12. The van der Waals surface area contributed by atoms with Crippen LogP contribution in [0.2, 0.25) is 10.0 Å². The number of para-hydroxylation sites is 1. The highest BCUT2D eigenvalue weighted by molar-refractivity contribution is 6.39. The third-order valence-corrected chi connectivity index (χ3v) is 3.69. The molecule has 5 nitrogen and oxygen atoms in total. The monoisotopic (exact) mass is 354 g/mol. The Kier molecular flexibility index (Phi) is 5.96. The van der Waals surface area contributed by atoms with Gasteiger partial charge in [-0.15, -0.1) is 0 Å². The molecule has 0 saturated heterocycles. The van der Waals surface area contributed by atoms with Gasteiger partial charge in [0.25, 0.3) is 0 Å². The zero-order valence-corrected chi connectivity index (χ0v) is 14.2. The van der Waals surface area contributed by atoms with Gasteiger partial charge in [-0.05, 0) is 24.3 Å². The summed E-state index contributed by atoms with van der Waals surface area (Å²) in [5.74, 6) is 0.882. The molecule has 2 aromatic rings. The van der Waals surface area contributed by atoms with Crippen molar-refractivity contribution in [3.05, 3.63) is 46.4 Å². The van der Waals surface area contributed by atoms with Gasteiger partial charge in [0.05, 0.1) is 36.5 Å². The van der Waals surface area contributed by atoms with Gasteiger partial charge >= 0.3 is 0 Å². The second kappa shape index (κ2) is 7.94. The minimum absolute atomic E-state index is 0.0256. The van der Waals surface area contributed by atoms with Crippen molar-refractivity contribution in [2.45, 2.75) is 0 Å². The third-order valence-electron chi connectivity index (χ3n) is 3.06. The van der Waals surface area contributed by atoms with Gasteiger partial charge in [0.1, 0.15) is 0 Å². The van der Waals surface area contributed by atoms with E-state index in [1.165, 1.54) is 7.11 Å². The number of hydrogen-bond acceptors (Lipinski definition) is 4. The van der Waals surface area contributed by atoms with Crippen LogP contribution in [0.5, 0.6) is 11.5 Å². The number of halogens is 2. The molecule has 0 aliphatic rings. The van der Waals surface area contributed by atoms with Crippen LogP contribution in [0.15, 0.2) is 36.4 Å². The van der Waals surface area contributed by atoms with E-state index >= 15 is 0 Å². The normalized spacial score (nSPS) is 10.1. The molecule has 23 heavy (non-hydrogen) atoms. The molecule has 0 atom stereocenters. The number of benzene rings is 2. The topological polar surface area (TPSA) is 59.6 Å². The maximum Gasteiger partial charge on any atom is 0.243 e. The molecule has 0 unspecified atom stereocenters. The lowest BCUT2D eigenvalue weighted by Crippen LogP contribution is -2.22. The summed E-state index contributed by atoms with van der Waals surface area (Å²) in [5, 5.41) is 6.58. The first-order valence-corrected chi connectivity index (χ1v) is 7.50. The molecule has 0 aliphatic heterocycles. The predicted molar refractivity (Wildman–Crippen MR) is 93.1 cm³/mol. The number of anilines is 2. The summed E-state index contributed by atoms with van der Waals surface area (Å²) in [7, 11) is 3.08. The fourth-order valence-electron chi connectivity index (χ4n) is 1.95. The number of rotatable bonds is 6. The average molecular weight is 355 g/mol. The second-order valence-corrected chi connectivity index (χ2v) is 5.38. The molecule has 0 saturated carbocycles. The first-order valence-electron chi connectivity index (χ1n) is 6.75. The van der Waals surface area contributed by atoms with E-state index in [-0.39, 0.29) is 12.5 Å². The van der Waals surface area contributed by atoms with Crippen molar-refractivity contribution in [1.29, 1.82) is 0 Å². The standard InChI is InChI=1S/C16H16Cl2N2O3/c1-22-13-7-6-10(8-14(13)23-2)20-15(21)9-19-16-11(17)4-3-5-12(16)18/h3-8,19H,9H2,1-2H3,(H,20,21). The molecular weight excluding hydrogens is 339 g/mol. The molecule has 0 radical (unpaired) electrons. The van der Waals surface area contributed by atoms with Crippen molar-refractivity contribution in [2.75, 3.05) is 31.4 Å². The van der Waals surface area contributed by atoms with E-state index in [2.05, 4.69) is 10.6 Å². The highest BCUT2D eigenvalue weighted by atomic mass is 35.5. The number of hydrogen-bond donors (Lipinski definition) is 2. The fraction of sp³-hybridized carbons (Fsp3) is 0.188. The molecule has 2 N–H and O–H groups in total. The zero-order chi connectivity index (χ0) is 16.8. The maximum atomic E-state index is 12.0. The zero-order valence-electron chi connectivity index (χ0n) is 12.7. The van der Waals surface area contributed by atoms with Crippen molar-refractivity contribution < 1.29 is 14.3 Å². The van der Waals surface area contributed by atoms with Gasteiger partial charge < -0.3 is 20.1 Å². The van der Waals surface area contributed by atoms with Gasteiger partial charge in [-0.1, -0.05) is 29.3 Å². The molecule has 0 aromatic heterocycles. The smallest absolute Gasteiger partial charge is 0.243 e. The number of carbonyl (C=O) groups excluding carboxylic acids is 1. The van der Waals surface area contributed by atoms with Crippen molar-refractivity contribution in [3.63, 3.8) is 0 Å². The van der Waals surface area contributed by atoms with Crippen LogP contribution >= 0.6 is 23.2 Å². The van der Waals surface area contributed by atoms with Crippen molar-refractivity contribution >= 4 is 40.5 Å². The van der Waals surface area contributed by atoms with Crippen LogP contribution in [0.25, 0.3) is 0 Å². The molecule has 0 bridgehead atoms. The highest BCUT2D eigenvalue weighted by Crippen LogP contribution is 2.30. The number of amides is 1. The summed E-state index contributed by atoms with van der Waals surface area (Å²) in [6.45, 7) is 0.0256. The number of carbonyl (C=O) groups is 1. The van der Waals surface area contributed by atoms with Gasteiger partial charge in [0.15, 0.2) is 11.5 Å².